The lowest BCUT2D eigenvalue weighted by Crippen LogP contribution is -2.51. The third-order valence-electron chi connectivity index (χ3n) is 3.29. The topological polar surface area (TPSA) is 50.4 Å². The Morgan fingerprint density at radius 3 is 2.85 bits per heavy atom. The highest BCUT2D eigenvalue weighted by atomic mass is 32.2. The smallest absolute Gasteiger partial charge is 0.240 e. The summed E-state index contributed by atoms with van der Waals surface area (Å²) in [6.45, 7) is 6.00. The number of carbonyl (C=O) groups is 1. The molecule has 1 aliphatic heterocycles. The average Bonchev–Trinajstić information content (AvgIpc) is 2.49. The zero-order valence-corrected chi connectivity index (χ0v) is 12.8. The van der Waals surface area contributed by atoms with Gasteiger partial charge in [-0.05, 0) is 30.4 Å². The van der Waals surface area contributed by atoms with Crippen molar-refractivity contribution in [3.63, 3.8) is 0 Å². The molecule has 0 saturated carbocycles. The number of hydrogen-bond acceptors (Lipinski definition) is 4. The fourth-order valence-electron chi connectivity index (χ4n) is 2.15. The van der Waals surface area contributed by atoms with Crippen molar-refractivity contribution in [3.8, 4) is 0 Å². The molecule has 1 aromatic carbocycles. The summed E-state index contributed by atoms with van der Waals surface area (Å²) < 4.78 is 5.31. The van der Waals surface area contributed by atoms with Crippen LogP contribution in [0.2, 0.25) is 0 Å². The number of carbonyl (C=O) groups excluding carboxylic acids is 1. The number of morpholine rings is 1. The van der Waals surface area contributed by atoms with Gasteiger partial charge in [-0.2, -0.15) is 0 Å². The van der Waals surface area contributed by atoms with E-state index in [4.69, 9.17) is 4.74 Å². The Hall–Kier alpha value is -1.04. The van der Waals surface area contributed by atoms with Crippen LogP contribution in [-0.2, 0) is 9.53 Å². The summed E-state index contributed by atoms with van der Waals surface area (Å²) in [5, 5.41) is 6.19. The molecule has 5 heteroatoms. The lowest BCUT2D eigenvalue weighted by atomic mass is 10.1. The number of rotatable bonds is 5. The molecule has 2 atom stereocenters. The van der Waals surface area contributed by atoms with Crippen LogP contribution in [0.25, 0.3) is 0 Å². The largest absolute Gasteiger partial charge is 0.378 e. The fourth-order valence-corrected chi connectivity index (χ4v) is 2.81. The van der Waals surface area contributed by atoms with Crippen molar-refractivity contribution in [1.82, 2.24) is 10.6 Å². The third-order valence-corrected chi connectivity index (χ3v) is 4.18. The van der Waals surface area contributed by atoms with E-state index in [2.05, 4.69) is 41.8 Å². The first-order valence-corrected chi connectivity index (χ1v) is 8.03. The molecule has 4 nitrogen and oxygen atoms in total. The number of benzene rings is 1. The standard InChI is InChI=1S/C15H22N2O2S/c1-3-20-13-6-4-12(5-7-13)11(2)17-15(18)14-10-19-9-8-16-14/h4-7,11,14,16H,3,8-10H2,1-2H3,(H,17,18)/t11-,14+/m1/s1. The zero-order chi connectivity index (χ0) is 14.4. The van der Waals surface area contributed by atoms with E-state index in [9.17, 15) is 4.79 Å². The van der Waals surface area contributed by atoms with Crippen LogP contribution >= 0.6 is 11.8 Å². The summed E-state index contributed by atoms with van der Waals surface area (Å²) in [5.41, 5.74) is 1.12. The Balaban J connectivity index is 1.89. The van der Waals surface area contributed by atoms with Crippen LogP contribution in [0.4, 0.5) is 0 Å². The van der Waals surface area contributed by atoms with Gasteiger partial charge in [-0.25, -0.2) is 0 Å². The van der Waals surface area contributed by atoms with Crippen LogP contribution in [0.3, 0.4) is 0 Å². The second-order valence-electron chi connectivity index (χ2n) is 4.81. The predicted molar refractivity (Wildman–Crippen MR) is 82.0 cm³/mol. The maximum absolute atomic E-state index is 12.1. The van der Waals surface area contributed by atoms with Gasteiger partial charge in [-0.3, -0.25) is 4.79 Å². The number of ether oxygens (including phenoxy) is 1. The SMILES string of the molecule is CCSc1ccc([C@@H](C)NC(=O)[C@@H]2COCCN2)cc1. The quantitative estimate of drug-likeness (QED) is 0.815. The Kier molecular flexibility index (Phi) is 5.88. The molecule has 20 heavy (non-hydrogen) atoms. The molecule has 1 aliphatic rings. The maximum atomic E-state index is 12.1. The van der Waals surface area contributed by atoms with Crippen molar-refractivity contribution in [2.24, 2.45) is 0 Å². The van der Waals surface area contributed by atoms with Crippen LogP contribution in [0.15, 0.2) is 29.2 Å². The molecule has 0 aromatic heterocycles. The first-order valence-electron chi connectivity index (χ1n) is 7.05. The monoisotopic (exact) mass is 294 g/mol. The zero-order valence-electron chi connectivity index (χ0n) is 12.0. The van der Waals surface area contributed by atoms with Crippen LogP contribution in [0.1, 0.15) is 25.5 Å². The average molecular weight is 294 g/mol. The summed E-state index contributed by atoms with van der Waals surface area (Å²) in [6.07, 6.45) is 0. The molecule has 110 valence electrons. The molecule has 2 rings (SSSR count). The van der Waals surface area contributed by atoms with Gasteiger partial charge in [0.1, 0.15) is 6.04 Å². The highest BCUT2D eigenvalue weighted by Gasteiger charge is 2.22. The van der Waals surface area contributed by atoms with E-state index in [0.717, 1.165) is 17.9 Å². The first-order chi connectivity index (χ1) is 9.70. The van der Waals surface area contributed by atoms with E-state index in [1.807, 2.05) is 18.7 Å². The summed E-state index contributed by atoms with van der Waals surface area (Å²) in [5.74, 6) is 1.07. The second-order valence-corrected chi connectivity index (χ2v) is 6.15. The molecular formula is C15H22N2O2S. The minimum absolute atomic E-state index is 0.00390. The summed E-state index contributed by atoms with van der Waals surface area (Å²) in [4.78, 5) is 13.4. The highest BCUT2D eigenvalue weighted by Crippen LogP contribution is 2.20. The molecule has 1 saturated heterocycles. The number of thioether (sulfide) groups is 1. The van der Waals surface area contributed by atoms with Gasteiger partial charge in [0.2, 0.25) is 5.91 Å². The number of hydrogen-bond donors (Lipinski definition) is 2. The van der Waals surface area contributed by atoms with Gasteiger partial charge in [0, 0.05) is 11.4 Å². The van der Waals surface area contributed by atoms with Gasteiger partial charge in [0.15, 0.2) is 0 Å². The Morgan fingerprint density at radius 2 is 2.25 bits per heavy atom. The number of amides is 1. The molecule has 1 fully saturated rings. The molecule has 2 N–H and O–H groups in total. The molecular weight excluding hydrogens is 272 g/mol. The second kappa shape index (κ2) is 7.67. The van der Waals surface area contributed by atoms with Gasteiger partial charge >= 0.3 is 0 Å². The van der Waals surface area contributed by atoms with Gasteiger partial charge < -0.3 is 15.4 Å². The maximum Gasteiger partial charge on any atom is 0.240 e. The molecule has 0 bridgehead atoms. The van der Waals surface area contributed by atoms with Gasteiger partial charge in [-0.1, -0.05) is 19.1 Å². The summed E-state index contributed by atoms with van der Waals surface area (Å²) in [6, 6.07) is 8.14. The van der Waals surface area contributed by atoms with Crippen molar-refractivity contribution in [2.45, 2.75) is 30.8 Å². The fraction of sp³-hybridized carbons (Fsp3) is 0.533. The van der Waals surface area contributed by atoms with Crippen LogP contribution in [0, 0.1) is 0 Å². The molecule has 0 radical (unpaired) electrons. The van der Waals surface area contributed by atoms with E-state index in [1.54, 1.807) is 0 Å². The molecule has 1 heterocycles. The Bertz CT molecular complexity index is 430. The van der Waals surface area contributed by atoms with E-state index < -0.39 is 0 Å². The predicted octanol–water partition coefficient (Wildman–Crippen LogP) is 1.96. The van der Waals surface area contributed by atoms with Crippen LogP contribution in [0.5, 0.6) is 0 Å². The normalized spacial score (nSPS) is 20.4. The van der Waals surface area contributed by atoms with Crippen molar-refractivity contribution >= 4 is 17.7 Å². The van der Waals surface area contributed by atoms with Gasteiger partial charge in [0.05, 0.1) is 19.3 Å². The van der Waals surface area contributed by atoms with Crippen molar-refractivity contribution < 1.29 is 9.53 Å². The van der Waals surface area contributed by atoms with E-state index in [-0.39, 0.29) is 18.0 Å². The summed E-state index contributed by atoms with van der Waals surface area (Å²) in [7, 11) is 0. The van der Waals surface area contributed by atoms with E-state index in [0.29, 0.717) is 13.2 Å². The molecule has 1 aromatic rings. The molecule has 0 unspecified atom stereocenters. The first kappa shape index (κ1) is 15.4. The van der Waals surface area contributed by atoms with Gasteiger partial charge in [-0.15, -0.1) is 11.8 Å². The third kappa shape index (κ3) is 4.23. The lowest BCUT2D eigenvalue weighted by Gasteiger charge is -2.25. The minimum Gasteiger partial charge on any atom is -0.378 e. The van der Waals surface area contributed by atoms with Crippen molar-refractivity contribution in [2.75, 3.05) is 25.5 Å². The Morgan fingerprint density at radius 1 is 1.50 bits per heavy atom. The molecule has 0 aliphatic carbocycles. The van der Waals surface area contributed by atoms with Crippen molar-refractivity contribution in [1.29, 1.82) is 0 Å². The minimum atomic E-state index is -0.235. The number of nitrogens with one attached hydrogen (secondary N) is 2. The lowest BCUT2D eigenvalue weighted by molar-refractivity contribution is -0.126. The molecule has 0 spiro atoms. The van der Waals surface area contributed by atoms with Gasteiger partial charge in [0.25, 0.3) is 0 Å². The van der Waals surface area contributed by atoms with E-state index >= 15 is 0 Å². The van der Waals surface area contributed by atoms with Crippen LogP contribution < -0.4 is 10.6 Å². The summed E-state index contributed by atoms with van der Waals surface area (Å²) >= 11 is 1.82. The van der Waals surface area contributed by atoms with Crippen molar-refractivity contribution in [3.05, 3.63) is 29.8 Å². The van der Waals surface area contributed by atoms with E-state index in [1.165, 1.54) is 4.90 Å². The molecule has 1 amide bonds. The van der Waals surface area contributed by atoms with Crippen LogP contribution in [-0.4, -0.2) is 37.5 Å². The highest BCUT2D eigenvalue weighted by molar-refractivity contribution is 7.99. The Labute approximate surface area is 124 Å².